The van der Waals surface area contributed by atoms with Crippen LogP contribution in [0.25, 0.3) is 0 Å². The summed E-state index contributed by atoms with van der Waals surface area (Å²) in [6.07, 6.45) is 0.0317. The van der Waals surface area contributed by atoms with Crippen molar-refractivity contribution in [1.29, 1.82) is 0 Å². The molecule has 0 spiro atoms. The average molecular weight is 161 g/mol. The molecule has 0 bridgehead atoms. The van der Waals surface area contributed by atoms with Crippen LogP contribution in [0.5, 0.6) is 0 Å². The van der Waals surface area contributed by atoms with Crippen LogP contribution in [0.3, 0.4) is 0 Å². The van der Waals surface area contributed by atoms with E-state index in [4.69, 9.17) is 9.47 Å². The van der Waals surface area contributed by atoms with E-state index in [2.05, 4.69) is 5.18 Å². The topological polar surface area (TPSA) is 47.9 Å². The number of ether oxygens (including phenoxy) is 2. The highest BCUT2D eigenvalue weighted by atomic mass is 16.5. The lowest BCUT2D eigenvalue weighted by Crippen LogP contribution is -2.19. The summed E-state index contributed by atoms with van der Waals surface area (Å²) < 4.78 is 10.1. The normalized spacial score (nSPS) is 15.9. The molecule has 0 aromatic rings. The summed E-state index contributed by atoms with van der Waals surface area (Å²) in [5.41, 5.74) is 0. The van der Waals surface area contributed by atoms with Crippen LogP contribution in [-0.4, -0.2) is 32.5 Å². The molecule has 0 aliphatic heterocycles. The second kappa shape index (κ2) is 6.24. The van der Waals surface area contributed by atoms with Crippen molar-refractivity contribution in [1.82, 2.24) is 0 Å². The van der Waals surface area contributed by atoms with E-state index in [1.807, 2.05) is 6.92 Å². The molecule has 0 rings (SSSR count). The molecule has 2 atom stereocenters. The number of nitroso groups, excluding NO2 is 1. The van der Waals surface area contributed by atoms with Crippen molar-refractivity contribution < 1.29 is 9.47 Å². The van der Waals surface area contributed by atoms with Gasteiger partial charge in [0.15, 0.2) is 0 Å². The molecule has 0 amide bonds. The van der Waals surface area contributed by atoms with Crippen LogP contribution in [-0.2, 0) is 9.47 Å². The lowest BCUT2D eigenvalue weighted by molar-refractivity contribution is 0.00518. The van der Waals surface area contributed by atoms with Crippen molar-refractivity contribution in [2.75, 3.05) is 20.3 Å². The molecule has 2 unspecified atom stereocenters. The van der Waals surface area contributed by atoms with E-state index in [0.717, 1.165) is 0 Å². The van der Waals surface area contributed by atoms with Crippen molar-refractivity contribution in [2.24, 2.45) is 5.18 Å². The Morgan fingerprint density at radius 2 is 2.00 bits per heavy atom. The minimum atomic E-state index is -0.269. The predicted molar refractivity (Wildman–Crippen MR) is 42.5 cm³/mol. The fraction of sp³-hybridized carbons (Fsp3) is 1.00. The van der Waals surface area contributed by atoms with E-state index in [1.165, 1.54) is 0 Å². The zero-order valence-electron chi connectivity index (χ0n) is 7.24. The molecule has 0 aromatic heterocycles. The first-order chi connectivity index (χ1) is 5.20. The fourth-order valence-corrected chi connectivity index (χ4v) is 0.617. The Labute approximate surface area is 66.9 Å². The Morgan fingerprint density at radius 1 is 1.36 bits per heavy atom. The standard InChI is InChI=1S/C7H15NO3/c1-6(8-9)4-11-7(2)5-10-3/h6-7H,4-5H2,1-3H3. The molecular weight excluding hydrogens is 146 g/mol. The van der Waals surface area contributed by atoms with Gasteiger partial charge in [0.2, 0.25) is 0 Å². The lowest BCUT2D eigenvalue weighted by Gasteiger charge is -2.11. The molecule has 0 fully saturated rings. The smallest absolute Gasteiger partial charge is 0.112 e. The first-order valence-electron chi connectivity index (χ1n) is 3.63. The third-order valence-corrected chi connectivity index (χ3v) is 1.20. The maximum Gasteiger partial charge on any atom is 0.112 e. The molecular formula is C7H15NO3. The van der Waals surface area contributed by atoms with Crippen LogP contribution in [0.15, 0.2) is 5.18 Å². The first kappa shape index (κ1) is 10.5. The molecule has 0 saturated heterocycles. The number of rotatable bonds is 6. The fourth-order valence-electron chi connectivity index (χ4n) is 0.617. The van der Waals surface area contributed by atoms with Gasteiger partial charge in [-0.3, -0.25) is 0 Å². The molecule has 0 radical (unpaired) electrons. The Morgan fingerprint density at radius 3 is 2.45 bits per heavy atom. The van der Waals surface area contributed by atoms with E-state index in [1.54, 1.807) is 14.0 Å². The molecule has 0 aromatic carbocycles. The molecule has 11 heavy (non-hydrogen) atoms. The van der Waals surface area contributed by atoms with Crippen LogP contribution in [0.1, 0.15) is 13.8 Å². The second-order valence-corrected chi connectivity index (χ2v) is 2.55. The Kier molecular flexibility index (Phi) is 5.97. The molecule has 0 heterocycles. The Hall–Kier alpha value is -0.480. The van der Waals surface area contributed by atoms with Gasteiger partial charge in [0, 0.05) is 7.11 Å². The van der Waals surface area contributed by atoms with Crippen LogP contribution in [0, 0.1) is 4.91 Å². The van der Waals surface area contributed by atoms with Gasteiger partial charge in [0.1, 0.15) is 6.04 Å². The van der Waals surface area contributed by atoms with Gasteiger partial charge in [-0.2, -0.15) is 4.91 Å². The van der Waals surface area contributed by atoms with Gasteiger partial charge in [-0.15, -0.1) is 0 Å². The number of nitrogens with zero attached hydrogens (tertiary/aromatic N) is 1. The van der Waals surface area contributed by atoms with Crippen molar-refractivity contribution in [3.05, 3.63) is 4.91 Å². The van der Waals surface area contributed by atoms with Gasteiger partial charge in [0.05, 0.1) is 19.3 Å². The third-order valence-electron chi connectivity index (χ3n) is 1.20. The summed E-state index contributed by atoms with van der Waals surface area (Å²) in [7, 11) is 1.61. The van der Waals surface area contributed by atoms with Gasteiger partial charge in [-0.1, -0.05) is 5.18 Å². The maximum atomic E-state index is 9.91. The molecule has 66 valence electrons. The molecule has 4 heteroatoms. The number of hydrogen-bond donors (Lipinski definition) is 0. The third kappa shape index (κ3) is 5.94. The van der Waals surface area contributed by atoms with Crippen LogP contribution >= 0.6 is 0 Å². The SMILES string of the molecule is COCC(C)OCC(C)N=O. The van der Waals surface area contributed by atoms with Crippen molar-refractivity contribution >= 4 is 0 Å². The highest BCUT2D eigenvalue weighted by Gasteiger charge is 2.05. The van der Waals surface area contributed by atoms with E-state index in [0.29, 0.717) is 13.2 Å². The van der Waals surface area contributed by atoms with Gasteiger partial charge in [0.25, 0.3) is 0 Å². The zero-order valence-corrected chi connectivity index (χ0v) is 7.24. The van der Waals surface area contributed by atoms with Crippen LogP contribution < -0.4 is 0 Å². The predicted octanol–water partition coefficient (Wildman–Crippen LogP) is 1.19. The number of hydrogen-bond acceptors (Lipinski definition) is 4. The van der Waals surface area contributed by atoms with Crippen molar-refractivity contribution in [2.45, 2.75) is 26.0 Å². The summed E-state index contributed by atoms with van der Waals surface area (Å²) in [4.78, 5) is 9.91. The van der Waals surface area contributed by atoms with E-state index in [-0.39, 0.29) is 12.1 Å². The van der Waals surface area contributed by atoms with E-state index >= 15 is 0 Å². The minimum absolute atomic E-state index is 0.0317. The zero-order chi connectivity index (χ0) is 8.69. The average Bonchev–Trinajstić information content (AvgIpc) is 2.01. The van der Waals surface area contributed by atoms with Crippen LogP contribution in [0.4, 0.5) is 0 Å². The largest absolute Gasteiger partial charge is 0.382 e. The summed E-state index contributed by atoms with van der Waals surface area (Å²) in [6, 6.07) is -0.269. The molecule has 0 aliphatic rings. The minimum Gasteiger partial charge on any atom is -0.382 e. The summed E-state index contributed by atoms with van der Waals surface area (Å²) >= 11 is 0. The van der Waals surface area contributed by atoms with Gasteiger partial charge in [-0.05, 0) is 13.8 Å². The quantitative estimate of drug-likeness (QED) is 0.550. The summed E-state index contributed by atoms with van der Waals surface area (Å²) in [5.74, 6) is 0. The van der Waals surface area contributed by atoms with Gasteiger partial charge in [-0.25, -0.2) is 0 Å². The Balaban J connectivity index is 3.29. The van der Waals surface area contributed by atoms with E-state index in [9.17, 15) is 4.91 Å². The van der Waals surface area contributed by atoms with Crippen LogP contribution in [0.2, 0.25) is 0 Å². The van der Waals surface area contributed by atoms with Crippen molar-refractivity contribution in [3.8, 4) is 0 Å². The highest BCUT2D eigenvalue weighted by Crippen LogP contribution is 1.95. The Bertz CT molecular complexity index is 108. The molecule has 4 nitrogen and oxygen atoms in total. The maximum absolute atomic E-state index is 9.91. The summed E-state index contributed by atoms with van der Waals surface area (Å²) in [5, 5.41) is 2.80. The van der Waals surface area contributed by atoms with E-state index < -0.39 is 0 Å². The molecule has 0 aliphatic carbocycles. The molecule has 0 saturated carbocycles. The summed E-state index contributed by atoms with van der Waals surface area (Å²) in [6.45, 7) is 4.52. The lowest BCUT2D eigenvalue weighted by atomic mass is 10.4. The van der Waals surface area contributed by atoms with Crippen molar-refractivity contribution in [3.63, 3.8) is 0 Å². The first-order valence-corrected chi connectivity index (χ1v) is 3.63. The van der Waals surface area contributed by atoms with Gasteiger partial charge < -0.3 is 9.47 Å². The number of methoxy groups -OCH3 is 1. The molecule has 0 N–H and O–H groups in total. The monoisotopic (exact) mass is 161 g/mol. The second-order valence-electron chi connectivity index (χ2n) is 2.55. The van der Waals surface area contributed by atoms with Gasteiger partial charge >= 0.3 is 0 Å². The highest BCUT2D eigenvalue weighted by molar-refractivity contribution is 4.57.